The normalized spacial score (nSPS) is 17.8. The Bertz CT molecular complexity index is 845. The fourth-order valence-corrected chi connectivity index (χ4v) is 3.33. The Balaban J connectivity index is 1.82. The minimum Gasteiger partial charge on any atom is -0.496 e. The number of para-hydroxylation sites is 1. The zero-order chi connectivity index (χ0) is 15.8. The van der Waals surface area contributed by atoms with E-state index in [0.29, 0.717) is 5.65 Å². The van der Waals surface area contributed by atoms with Gasteiger partial charge < -0.3 is 20.4 Å². The first-order chi connectivity index (χ1) is 11.3. The lowest BCUT2D eigenvalue weighted by Crippen LogP contribution is -2.24. The quantitative estimate of drug-likeness (QED) is 0.771. The summed E-state index contributed by atoms with van der Waals surface area (Å²) < 4.78 is 5.53. The van der Waals surface area contributed by atoms with Crippen LogP contribution in [0.5, 0.6) is 5.75 Å². The molecule has 1 aliphatic rings. The predicted octanol–water partition coefficient (Wildman–Crippen LogP) is 2.29. The molecule has 1 aromatic carbocycles. The lowest BCUT2D eigenvalue weighted by atomic mass is 10.0. The lowest BCUT2D eigenvalue weighted by Gasteiger charge is -2.27. The van der Waals surface area contributed by atoms with Crippen LogP contribution >= 0.6 is 0 Å². The molecule has 7 heteroatoms. The number of rotatable bonds is 3. The molecule has 1 atom stereocenters. The second-order valence-electron chi connectivity index (χ2n) is 5.60. The summed E-state index contributed by atoms with van der Waals surface area (Å²) in [6, 6.07) is 8.32. The van der Waals surface area contributed by atoms with Crippen LogP contribution in [-0.2, 0) is 0 Å². The Hall–Kier alpha value is -2.83. The first-order valence-corrected chi connectivity index (χ1v) is 7.64. The number of imidazole rings is 1. The van der Waals surface area contributed by atoms with E-state index in [1.165, 1.54) is 0 Å². The summed E-state index contributed by atoms with van der Waals surface area (Å²) in [6.07, 6.45) is 3.75. The molecule has 0 spiro atoms. The molecule has 23 heavy (non-hydrogen) atoms. The summed E-state index contributed by atoms with van der Waals surface area (Å²) in [5.74, 6) is 1.94. The van der Waals surface area contributed by atoms with Crippen molar-refractivity contribution >= 4 is 22.9 Å². The van der Waals surface area contributed by atoms with Crippen LogP contribution in [0.15, 0.2) is 30.6 Å². The van der Waals surface area contributed by atoms with Crippen molar-refractivity contribution in [3.05, 3.63) is 36.2 Å². The van der Waals surface area contributed by atoms with Gasteiger partial charge in [-0.15, -0.1) is 0 Å². The van der Waals surface area contributed by atoms with Gasteiger partial charge in [-0.25, -0.2) is 4.98 Å². The molecule has 0 saturated carbocycles. The molecule has 0 bridgehead atoms. The highest BCUT2D eigenvalue weighted by molar-refractivity contribution is 5.84. The van der Waals surface area contributed by atoms with Crippen LogP contribution in [0.25, 0.3) is 11.2 Å². The molecule has 1 aliphatic heterocycles. The Morgan fingerprint density at radius 2 is 2.17 bits per heavy atom. The average Bonchev–Trinajstić information content (AvgIpc) is 3.22. The molecule has 4 rings (SSSR count). The van der Waals surface area contributed by atoms with E-state index in [1.807, 2.05) is 18.2 Å². The third kappa shape index (κ3) is 2.25. The number of hydrogen-bond donors (Lipinski definition) is 2. The van der Waals surface area contributed by atoms with Crippen LogP contribution in [0.3, 0.4) is 0 Å². The maximum absolute atomic E-state index is 5.86. The number of benzene rings is 1. The average molecular weight is 310 g/mol. The van der Waals surface area contributed by atoms with E-state index in [1.54, 1.807) is 13.4 Å². The Morgan fingerprint density at radius 1 is 1.30 bits per heavy atom. The topological polar surface area (TPSA) is 92.9 Å². The summed E-state index contributed by atoms with van der Waals surface area (Å²) in [7, 11) is 1.70. The summed E-state index contributed by atoms with van der Waals surface area (Å²) in [5, 5.41) is 0. The van der Waals surface area contributed by atoms with Gasteiger partial charge in [0.25, 0.3) is 0 Å². The fraction of sp³-hybridized carbons (Fsp3) is 0.312. The largest absolute Gasteiger partial charge is 0.496 e. The molecular formula is C16H18N6O. The Morgan fingerprint density at radius 3 is 3.04 bits per heavy atom. The smallest absolute Gasteiger partial charge is 0.224 e. The van der Waals surface area contributed by atoms with E-state index in [2.05, 4.69) is 30.9 Å². The number of ether oxygens (including phenoxy) is 1. The number of methoxy groups -OCH3 is 1. The molecule has 118 valence electrons. The van der Waals surface area contributed by atoms with Crippen LogP contribution in [0.2, 0.25) is 0 Å². The third-order valence-electron chi connectivity index (χ3n) is 4.31. The fourth-order valence-electron chi connectivity index (χ4n) is 3.33. The van der Waals surface area contributed by atoms with E-state index in [-0.39, 0.29) is 12.0 Å². The van der Waals surface area contributed by atoms with Crippen molar-refractivity contribution in [2.24, 2.45) is 0 Å². The first-order valence-electron chi connectivity index (χ1n) is 7.64. The minimum atomic E-state index is 0.201. The van der Waals surface area contributed by atoms with Crippen LogP contribution in [0.1, 0.15) is 24.4 Å². The number of hydrogen-bond acceptors (Lipinski definition) is 6. The monoisotopic (exact) mass is 310 g/mol. The van der Waals surface area contributed by atoms with Crippen molar-refractivity contribution in [1.29, 1.82) is 0 Å². The maximum atomic E-state index is 5.86. The van der Waals surface area contributed by atoms with Gasteiger partial charge in [-0.05, 0) is 18.9 Å². The number of nitrogen functional groups attached to an aromatic ring is 1. The highest BCUT2D eigenvalue weighted by Crippen LogP contribution is 2.40. The van der Waals surface area contributed by atoms with Gasteiger partial charge >= 0.3 is 0 Å². The van der Waals surface area contributed by atoms with Crippen LogP contribution in [0, 0.1) is 0 Å². The summed E-state index contributed by atoms with van der Waals surface area (Å²) in [5.41, 5.74) is 8.44. The number of nitrogens with one attached hydrogen (secondary N) is 1. The van der Waals surface area contributed by atoms with Crippen LogP contribution in [-0.4, -0.2) is 33.6 Å². The van der Waals surface area contributed by atoms with Gasteiger partial charge in [0, 0.05) is 12.1 Å². The number of nitrogens with two attached hydrogens (primary N) is 1. The Labute approximate surface area is 133 Å². The van der Waals surface area contributed by atoms with Gasteiger partial charge in [0.1, 0.15) is 11.3 Å². The van der Waals surface area contributed by atoms with Crippen molar-refractivity contribution in [1.82, 2.24) is 19.9 Å². The van der Waals surface area contributed by atoms with E-state index in [4.69, 9.17) is 10.5 Å². The number of H-pyrrole nitrogens is 1. The standard InChI is InChI=1S/C16H18N6O/c1-23-12-7-3-2-5-10(12)11-6-4-8-22(11)15-13-14(19-9-18-13)20-16(17)21-15/h2-3,5,7,9,11H,4,6,8H2,1H3,(H3,17,18,19,20,21). The number of anilines is 2. The van der Waals surface area contributed by atoms with E-state index in [9.17, 15) is 0 Å². The second kappa shape index (κ2) is 5.42. The number of aromatic amines is 1. The molecule has 3 N–H and O–H groups in total. The molecule has 0 aliphatic carbocycles. The minimum absolute atomic E-state index is 0.201. The van der Waals surface area contributed by atoms with Gasteiger partial charge in [-0.2, -0.15) is 9.97 Å². The molecule has 1 saturated heterocycles. The first kappa shape index (κ1) is 13.8. The van der Waals surface area contributed by atoms with Crippen molar-refractivity contribution in [3.8, 4) is 5.75 Å². The van der Waals surface area contributed by atoms with E-state index in [0.717, 1.165) is 42.0 Å². The van der Waals surface area contributed by atoms with Crippen molar-refractivity contribution < 1.29 is 4.74 Å². The molecular weight excluding hydrogens is 292 g/mol. The molecule has 0 radical (unpaired) electrons. The maximum Gasteiger partial charge on any atom is 0.224 e. The summed E-state index contributed by atoms with van der Waals surface area (Å²) in [4.78, 5) is 18.2. The van der Waals surface area contributed by atoms with Gasteiger partial charge in [-0.1, -0.05) is 18.2 Å². The van der Waals surface area contributed by atoms with Gasteiger partial charge in [0.05, 0.1) is 19.5 Å². The zero-order valence-corrected chi connectivity index (χ0v) is 12.9. The molecule has 3 heterocycles. The number of aromatic nitrogens is 4. The Kier molecular flexibility index (Phi) is 3.25. The highest BCUT2D eigenvalue weighted by atomic mass is 16.5. The molecule has 1 fully saturated rings. The van der Waals surface area contributed by atoms with Gasteiger partial charge in [0.15, 0.2) is 11.5 Å². The predicted molar refractivity (Wildman–Crippen MR) is 88.4 cm³/mol. The summed E-state index contributed by atoms with van der Waals surface area (Å²) in [6.45, 7) is 0.910. The van der Waals surface area contributed by atoms with Gasteiger partial charge in [0.2, 0.25) is 5.95 Å². The van der Waals surface area contributed by atoms with Crippen molar-refractivity contribution in [2.45, 2.75) is 18.9 Å². The van der Waals surface area contributed by atoms with Crippen molar-refractivity contribution in [3.63, 3.8) is 0 Å². The molecule has 0 amide bonds. The molecule has 1 unspecified atom stereocenters. The van der Waals surface area contributed by atoms with Crippen LogP contribution < -0.4 is 15.4 Å². The molecule has 3 aromatic rings. The van der Waals surface area contributed by atoms with Crippen LogP contribution in [0.4, 0.5) is 11.8 Å². The zero-order valence-electron chi connectivity index (χ0n) is 12.9. The number of fused-ring (bicyclic) bond motifs is 1. The third-order valence-corrected chi connectivity index (χ3v) is 4.31. The van der Waals surface area contributed by atoms with Gasteiger partial charge in [-0.3, -0.25) is 0 Å². The number of nitrogens with zero attached hydrogens (tertiary/aromatic N) is 4. The second-order valence-corrected chi connectivity index (χ2v) is 5.60. The van der Waals surface area contributed by atoms with E-state index < -0.39 is 0 Å². The van der Waals surface area contributed by atoms with E-state index >= 15 is 0 Å². The molecule has 2 aromatic heterocycles. The summed E-state index contributed by atoms with van der Waals surface area (Å²) >= 11 is 0. The van der Waals surface area contributed by atoms with Crippen molar-refractivity contribution in [2.75, 3.05) is 24.3 Å². The SMILES string of the molecule is COc1ccccc1C1CCCN1c1nc(N)nc2nc[nH]c12. The lowest BCUT2D eigenvalue weighted by molar-refractivity contribution is 0.405. The molecule has 7 nitrogen and oxygen atoms in total. The highest BCUT2D eigenvalue weighted by Gasteiger charge is 2.31.